The zero-order valence-electron chi connectivity index (χ0n) is 38.2. The molecule has 8 aliphatic carbocycles. The van der Waals surface area contributed by atoms with Crippen molar-refractivity contribution in [3.63, 3.8) is 0 Å². The minimum Gasteiger partial charge on any atom is -0.452 e. The van der Waals surface area contributed by atoms with Gasteiger partial charge in [-0.2, -0.15) is 43.9 Å². The summed E-state index contributed by atoms with van der Waals surface area (Å²) in [5.74, 6) is -23.3. The Balaban J connectivity index is 0.000000156. The molecule has 63 heavy (non-hydrogen) atoms. The van der Waals surface area contributed by atoms with Gasteiger partial charge in [-0.1, -0.05) is 52.4 Å². The molecule has 0 spiro atoms. The fourth-order valence-corrected chi connectivity index (χ4v) is 15.8. The molecule has 18 unspecified atom stereocenters. The molecule has 2 heterocycles. The van der Waals surface area contributed by atoms with Gasteiger partial charge in [-0.05, 0) is 130 Å². The Kier molecular flexibility index (Phi) is 11.7. The van der Waals surface area contributed by atoms with Crippen molar-refractivity contribution < 1.29 is 78.2 Å². The second-order valence-electron chi connectivity index (χ2n) is 24.7. The highest BCUT2D eigenvalue weighted by Gasteiger charge is 2.92. The molecule has 7 nitrogen and oxygen atoms in total. The Morgan fingerprint density at radius 2 is 1.00 bits per heavy atom. The van der Waals surface area contributed by atoms with Crippen molar-refractivity contribution in [3.8, 4) is 0 Å². The van der Waals surface area contributed by atoms with Gasteiger partial charge in [0.25, 0.3) is 0 Å². The van der Waals surface area contributed by atoms with Crippen molar-refractivity contribution in [3.05, 3.63) is 0 Å². The third kappa shape index (κ3) is 7.01. The van der Waals surface area contributed by atoms with Crippen LogP contribution in [0, 0.1) is 82.9 Å². The van der Waals surface area contributed by atoms with Crippen LogP contribution in [-0.2, 0) is 19.0 Å². The molecule has 10 fully saturated rings. The van der Waals surface area contributed by atoms with Crippen molar-refractivity contribution in [2.75, 3.05) is 6.61 Å². The summed E-state index contributed by atoms with van der Waals surface area (Å²) in [7, 11) is -1.22. The average Bonchev–Trinajstić information content (AvgIpc) is 3.93. The number of carbonyl (C=O) groups excluding carboxylic acids is 1. The van der Waals surface area contributed by atoms with Gasteiger partial charge < -0.3 is 29.5 Å². The van der Waals surface area contributed by atoms with Gasteiger partial charge in [-0.25, -0.2) is 0 Å². The fraction of sp³-hybridized carbons (Fsp3) is 0.977. The maximum atomic E-state index is 15.5. The SMILES string of the molecule is CC(=O)OC12C(COC(O)(C(F)(F)F)C1(F)F)C1CC2C2C3CCC(C3)C12.CC1(C)OC(O)(C(F)(F)F)C(F)(F)C2(O)C3CC(C4C5CCC(C5)C43)C12.C[Si](C)(C)C.C[Si](C)(C)C. The topological polar surface area (TPSA) is 105 Å². The molecular weight excluding hydrogens is 887 g/mol. The summed E-state index contributed by atoms with van der Waals surface area (Å²) in [6.45, 7) is 21.4. The summed E-state index contributed by atoms with van der Waals surface area (Å²) in [6, 6.07) is 0. The van der Waals surface area contributed by atoms with E-state index in [0.717, 1.165) is 45.4 Å². The van der Waals surface area contributed by atoms with E-state index in [2.05, 4.69) is 57.1 Å². The lowest BCUT2D eigenvalue weighted by atomic mass is 9.54. The molecular formula is C44H68F10O7Si2. The molecule has 0 aromatic rings. The number of rotatable bonds is 1. The number of ether oxygens (including phenoxy) is 3. The van der Waals surface area contributed by atoms with Gasteiger partial charge in [0.15, 0.2) is 5.60 Å². The van der Waals surface area contributed by atoms with Crippen LogP contribution in [0.3, 0.4) is 0 Å². The highest BCUT2D eigenvalue weighted by Crippen LogP contribution is 2.79. The molecule has 0 amide bonds. The lowest BCUT2D eigenvalue weighted by molar-refractivity contribution is -0.512. The summed E-state index contributed by atoms with van der Waals surface area (Å²) < 4.78 is 157. The largest absolute Gasteiger partial charge is 0.452 e. The van der Waals surface area contributed by atoms with Crippen LogP contribution in [0.1, 0.15) is 72.1 Å². The van der Waals surface area contributed by atoms with Crippen LogP contribution in [0.4, 0.5) is 43.9 Å². The second kappa shape index (κ2) is 14.8. The first kappa shape index (κ1) is 49.9. The van der Waals surface area contributed by atoms with E-state index >= 15 is 17.6 Å². The van der Waals surface area contributed by atoms with E-state index in [-0.39, 0.29) is 47.3 Å². The number of esters is 1. The molecule has 19 heteroatoms. The monoisotopic (exact) mass is 954 g/mol. The molecule has 8 bridgehead atoms. The van der Waals surface area contributed by atoms with Crippen LogP contribution in [0.15, 0.2) is 0 Å². The molecule has 8 saturated carbocycles. The molecule has 2 saturated heterocycles. The van der Waals surface area contributed by atoms with Crippen LogP contribution in [0.5, 0.6) is 0 Å². The first-order chi connectivity index (χ1) is 28.2. The average molecular weight is 955 g/mol. The Hall–Kier alpha value is -0.996. The lowest BCUT2D eigenvalue weighted by Crippen LogP contribution is -2.81. The van der Waals surface area contributed by atoms with E-state index in [1.807, 2.05) is 0 Å². The number of carbonyl (C=O) groups is 1. The molecule has 0 aromatic heterocycles. The Bertz CT molecular complexity index is 1760. The van der Waals surface area contributed by atoms with Gasteiger partial charge >= 0.3 is 41.7 Å². The third-order valence-corrected chi connectivity index (χ3v) is 16.7. The number of aliphatic hydroxyl groups is 3. The number of alkyl halides is 10. The first-order valence-electron chi connectivity index (χ1n) is 22.8. The van der Waals surface area contributed by atoms with Crippen LogP contribution < -0.4 is 0 Å². The Morgan fingerprint density at radius 3 is 1.43 bits per heavy atom. The van der Waals surface area contributed by atoms with Gasteiger partial charge in [0, 0.05) is 40.8 Å². The van der Waals surface area contributed by atoms with Crippen LogP contribution in [0.25, 0.3) is 0 Å². The second-order valence-corrected chi connectivity index (χ2v) is 36.7. The van der Waals surface area contributed by atoms with E-state index in [0.29, 0.717) is 24.7 Å². The van der Waals surface area contributed by atoms with Crippen molar-refractivity contribution in [2.45, 2.75) is 177 Å². The van der Waals surface area contributed by atoms with E-state index < -0.39 is 105 Å². The normalized spacial score (nSPS) is 49.6. The lowest BCUT2D eigenvalue weighted by Gasteiger charge is -2.62. The summed E-state index contributed by atoms with van der Waals surface area (Å²) >= 11 is 0. The highest BCUT2D eigenvalue weighted by molar-refractivity contribution is 6.75. The molecule has 10 aliphatic rings. The van der Waals surface area contributed by atoms with Gasteiger partial charge in [-0.15, -0.1) is 0 Å². The summed E-state index contributed by atoms with van der Waals surface area (Å²) in [5, 5.41) is 31.2. The molecule has 0 aromatic carbocycles. The maximum Gasteiger partial charge on any atom is 0.449 e. The smallest absolute Gasteiger partial charge is 0.449 e. The van der Waals surface area contributed by atoms with Crippen molar-refractivity contribution >= 4 is 22.1 Å². The number of halogens is 10. The standard InChI is InChI=1S/C18H21F5O4.C18H23F5O3.2C4H12Si/c1-7(24)27-15-11-5-10(13-8-2-3-9(4-8)14(11)13)12(15)6-26-17(25,16(15,19)20)18(21,22)23;1-14(2)13-9-6-10(12-8-4-3-7(5-8)11(9)12)15(13,24)16(19,20)17(25,26-14)18(21,22)23;2*1-5(2,3)4/h8-14,25H,2-6H2,1H3;7-13,24-25H,3-6H2,1-2H3;2*1-4H3. The molecule has 0 radical (unpaired) electrons. The summed E-state index contributed by atoms with van der Waals surface area (Å²) in [4.78, 5) is 11.8. The summed E-state index contributed by atoms with van der Waals surface area (Å²) in [5.41, 5.74) is -7.29. The molecule has 10 rings (SSSR count). The molecule has 2 aliphatic heterocycles. The van der Waals surface area contributed by atoms with Crippen LogP contribution >= 0.6 is 0 Å². The summed E-state index contributed by atoms with van der Waals surface area (Å²) in [6.07, 6.45) is -5.20. The zero-order chi connectivity index (χ0) is 47.6. The van der Waals surface area contributed by atoms with Gasteiger partial charge in [0.05, 0.1) is 12.2 Å². The Morgan fingerprint density at radius 1 is 0.603 bits per heavy atom. The maximum absolute atomic E-state index is 15.5. The van der Waals surface area contributed by atoms with Crippen LogP contribution in [-0.4, -0.2) is 96.6 Å². The molecule has 3 N–H and O–H groups in total. The number of hydrogen-bond donors (Lipinski definition) is 3. The van der Waals surface area contributed by atoms with Crippen LogP contribution in [0.2, 0.25) is 52.4 Å². The zero-order valence-corrected chi connectivity index (χ0v) is 40.2. The minimum atomic E-state index is -5.72. The quantitative estimate of drug-likeness (QED) is 0.104. The van der Waals surface area contributed by atoms with Crippen molar-refractivity contribution in [2.24, 2.45) is 82.9 Å². The third-order valence-electron chi connectivity index (χ3n) is 16.7. The predicted molar refractivity (Wildman–Crippen MR) is 217 cm³/mol. The fourth-order valence-electron chi connectivity index (χ4n) is 15.8. The van der Waals surface area contributed by atoms with E-state index in [9.17, 15) is 46.5 Å². The molecule has 18 atom stereocenters. The Labute approximate surface area is 366 Å². The predicted octanol–water partition coefficient (Wildman–Crippen LogP) is 10.4. The van der Waals surface area contributed by atoms with Gasteiger partial charge in [-0.3, -0.25) is 4.79 Å². The highest BCUT2D eigenvalue weighted by atomic mass is 28.3. The first-order valence-corrected chi connectivity index (χ1v) is 30.8. The van der Waals surface area contributed by atoms with Crippen molar-refractivity contribution in [1.82, 2.24) is 0 Å². The van der Waals surface area contributed by atoms with E-state index in [1.165, 1.54) is 13.8 Å². The van der Waals surface area contributed by atoms with E-state index in [4.69, 9.17) is 9.47 Å². The van der Waals surface area contributed by atoms with Crippen molar-refractivity contribution in [1.29, 1.82) is 0 Å². The number of hydrogen-bond acceptors (Lipinski definition) is 7. The molecule has 364 valence electrons. The van der Waals surface area contributed by atoms with Gasteiger partial charge in [0.1, 0.15) is 5.60 Å². The number of fused-ring (bicyclic) bond motifs is 24. The van der Waals surface area contributed by atoms with E-state index in [1.54, 1.807) is 0 Å². The minimum absolute atomic E-state index is 0.169. The van der Waals surface area contributed by atoms with Gasteiger partial charge in [0.2, 0.25) is 0 Å².